The van der Waals surface area contributed by atoms with E-state index in [4.69, 9.17) is 0 Å². The maximum Gasteiger partial charge on any atom is 0.407 e. The third-order valence-electron chi connectivity index (χ3n) is 3.55. The Balaban J connectivity index is 3.32. The molecule has 18 heavy (non-hydrogen) atoms. The van der Waals surface area contributed by atoms with Crippen LogP contribution in [0.2, 0.25) is 0 Å². The zero-order chi connectivity index (χ0) is 14.3. The summed E-state index contributed by atoms with van der Waals surface area (Å²) in [5, 5.41) is 21.8. The number of rotatable bonds is 1. The van der Waals surface area contributed by atoms with Crippen molar-refractivity contribution in [1.29, 1.82) is 0 Å². The van der Waals surface area contributed by atoms with E-state index in [0.717, 1.165) is 0 Å². The predicted molar refractivity (Wildman–Crippen MR) is 66.6 cm³/mol. The lowest BCUT2D eigenvalue weighted by atomic mass is 9.72. The van der Waals surface area contributed by atoms with Crippen LogP contribution in [0.1, 0.15) is 34.6 Å². The molecule has 104 valence electrons. The van der Waals surface area contributed by atoms with Gasteiger partial charge in [-0.25, -0.2) is 4.79 Å². The van der Waals surface area contributed by atoms with Crippen molar-refractivity contribution < 1.29 is 19.8 Å². The Bertz CT molecular complexity index is 364. The molecule has 3 N–H and O–H groups in total. The van der Waals surface area contributed by atoms with Gasteiger partial charge in [0.15, 0.2) is 0 Å². The molecule has 0 radical (unpaired) electrons. The number of piperazine rings is 1. The normalized spacial score (nSPS) is 33.3. The fraction of sp³-hybridized carbons (Fsp3) is 0.833. The highest BCUT2D eigenvalue weighted by Crippen LogP contribution is 2.36. The minimum atomic E-state index is -1.27. The van der Waals surface area contributed by atoms with Gasteiger partial charge in [0.1, 0.15) is 5.54 Å². The molecule has 0 aromatic carbocycles. The van der Waals surface area contributed by atoms with E-state index >= 15 is 0 Å². The summed E-state index contributed by atoms with van der Waals surface area (Å²) in [5.74, 6) is -1.03. The van der Waals surface area contributed by atoms with Crippen molar-refractivity contribution in [3.63, 3.8) is 0 Å². The maximum absolute atomic E-state index is 11.5. The number of aliphatic carboxylic acids is 1. The molecule has 1 unspecified atom stereocenters. The first-order valence-electron chi connectivity index (χ1n) is 6.01. The molecule has 6 heteroatoms. The van der Waals surface area contributed by atoms with Crippen LogP contribution < -0.4 is 5.32 Å². The summed E-state index contributed by atoms with van der Waals surface area (Å²) >= 11 is 0. The molecule has 0 aliphatic carbocycles. The van der Waals surface area contributed by atoms with Gasteiger partial charge in [-0.15, -0.1) is 0 Å². The first kappa shape index (κ1) is 14.8. The third kappa shape index (κ3) is 2.29. The van der Waals surface area contributed by atoms with Gasteiger partial charge < -0.3 is 10.2 Å². The molecular formula is C12H22N2O4. The summed E-state index contributed by atoms with van der Waals surface area (Å²) in [4.78, 5) is 24.2. The molecule has 1 saturated heterocycles. The molecule has 1 heterocycles. The van der Waals surface area contributed by atoms with Gasteiger partial charge in [0.2, 0.25) is 0 Å². The van der Waals surface area contributed by atoms with Crippen molar-refractivity contribution in [2.24, 2.45) is 5.41 Å². The number of nitrogens with zero attached hydrogens (tertiary/aromatic N) is 1. The first-order valence-corrected chi connectivity index (χ1v) is 6.01. The molecule has 3 atom stereocenters. The molecule has 1 aliphatic rings. The molecule has 1 fully saturated rings. The van der Waals surface area contributed by atoms with E-state index in [-0.39, 0.29) is 6.04 Å². The average Bonchev–Trinajstić information content (AvgIpc) is 2.18. The van der Waals surface area contributed by atoms with Gasteiger partial charge in [-0.3, -0.25) is 15.0 Å². The second kappa shape index (κ2) is 4.42. The van der Waals surface area contributed by atoms with Crippen molar-refractivity contribution in [3.05, 3.63) is 0 Å². The van der Waals surface area contributed by atoms with E-state index in [0.29, 0.717) is 6.54 Å². The number of carboxylic acids is 1. The SMILES string of the molecule is C[C@@H]1CN[C@@](C)(C(=O)O)C(C(C)(C)C)N1C(=O)O. The van der Waals surface area contributed by atoms with E-state index in [1.165, 1.54) is 4.90 Å². The van der Waals surface area contributed by atoms with E-state index < -0.39 is 29.1 Å². The molecule has 1 amide bonds. The number of hydrogen-bond donors (Lipinski definition) is 3. The van der Waals surface area contributed by atoms with Crippen molar-refractivity contribution >= 4 is 12.1 Å². The smallest absolute Gasteiger partial charge is 0.407 e. The number of nitrogens with one attached hydrogen (secondary N) is 1. The summed E-state index contributed by atoms with van der Waals surface area (Å²) in [6.45, 7) is 9.23. The average molecular weight is 258 g/mol. The molecule has 0 aromatic rings. The Morgan fingerprint density at radius 2 is 1.83 bits per heavy atom. The molecule has 1 rings (SSSR count). The second-order valence-corrected chi connectivity index (χ2v) is 6.20. The van der Waals surface area contributed by atoms with Crippen LogP contribution >= 0.6 is 0 Å². The molecule has 6 nitrogen and oxygen atoms in total. The summed E-state index contributed by atoms with van der Waals surface area (Å²) in [7, 11) is 0. The second-order valence-electron chi connectivity index (χ2n) is 6.20. The van der Waals surface area contributed by atoms with Gasteiger partial charge in [-0.05, 0) is 19.3 Å². The quantitative estimate of drug-likeness (QED) is 0.658. The Morgan fingerprint density at radius 3 is 2.17 bits per heavy atom. The number of carboxylic acid groups (broad SMARTS) is 2. The summed E-state index contributed by atoms with van der Waals surface area (Å²) < 4.78 is 0. The lowest BCUT2D eigenvalue weighted by molar-refractivity contribution is -0.152. The molecule has 0 spiro atoms. The Morgan fingerprint density at radius 1 is 1.33 bits per heavy atom. The monoisotopic (exact) mass is 258 g/mol. The van der Waals surface area contributed by atoms with Gasteiger partial charge in [0.05, 0.1) is 6.04 Å². The van der Waals surface area contributed by atoms with Crippen LogP contribution in [0.3, 0.4) is 0 Å². The fourth-order valence-corrected chi connectivity index (χ4v) is 2.86. The third-order valence-corrected chi connectivity index (χ3v) is 3.55. The van der Waals surface area contributed by atoms with Crippen LogP contribution in [-0.2, 0) is 4.79 Å². The number of carbonyl (C=O) groups is 2. The minimum Gasteiger partial charge on any atom is -0.480 e. The highest BCUT2D eigenvalue weighted by molar-refractivity contribution is 5.81. The van der Waals surface area contributed by atoms with Gasteiger partial charge in [0, 0.05) is 12.6 Å². The van der Waals surface area contributed by atoms with Crippen LogP contribution in [0, 0.1) is 5.41 Å². The Kier molecular flexibility index (Phi) is 3.63. The fourth-order valence-electron chi connectivity index (χ4n) is 2.86. The molecule has 0 aromatic heterocycles. The molecular weight excluding hydrogens is 236 g/mol. The molecule has 0 bridgehead atoms. The maximum atomic E-state index is 11.5. The lowest BCUT2D eigenvalue weighted by Gasteiger charge is -2.53. The highest BCUT2D eigenvalue weighted by atomic mass is 16.4. The van der Waals surface area contributed by atoms with Crippen LogP contribution in [0.15, 0.2) is 0 Å². The highest BCUT2D eigenvalue weighted by Gasteiger charge is 2.55. The molecule has 1 aliphatic heterocycles. The Hall–Kier alpha value is -1.30. The van der Waals surface area contributed by atoms with Gasteiger partial charge in [-0.2, -0.15) is 0 Å². The summed E-state index contributed by atoms with van der Waals surface area (Å²) in [6, 6.07) is -0.886. The zero-order valence-corrected chi connectivity index (χ0v) is 11.5. The zero-order valence-electron chi connectivity index (χ0n) is 11.5. The van der Waals surface area contributed by atoms with Gasteiger partial charge in [-0.1, -0.05) is 20.8 Å². The standard InChI is InChI=1S/C12H22N2O4/c1-7-6-13-12(5,9(15)16)8(11(2,3)4)14(7)10(17)18/h7-8,13H,6H2,1-5H3,(H,15,16)(H,17,18)/t7-,8?,12-/m1/s1. The van der Waals surface area contributed by atoms with E-state index in [1.54, 1.807) is 13.8 Å². The van der Waals surface area contributed by atoms with Gasteiger partial charge in [0.25, 0.3) is 0 Å². The number of hydrogen-bond acceptors (Lipinski definition) is 3. The minimum absolute atomic E-state index is 0.251. The van der Waals surface area contributed by atoms with E-state index in [2.05, 4.69) is 5.32 Å². The van der Waals surface area contributed by atoms with Crippen LogP contribution in [0.5, 0.6) is 0 Å². The first-order chi connectivity index (χ1) is 8.01. The molecule has 0 saturated carbocycles. The van der Waals surface area contributed by atoms with Crippen molar-refractivity contribution in [2.45, 2.75) is 52.2 Å². The Labute approximate surface area is 107 Å². The van der Waals surface area contributed by atoms with Crippen LogP contribution in [-0.4, -0.2) is 51.3 Å². The largest absolute Gasteiger partial charge is 0.480 e. The van der Waals surface area contributed by atoms with Crippen molar-refractivity contribution in [1.82, 2.24) is 10.2 Å². The van der Waals surface area contributed by atoms with Crippen LogP contribution in [0.4, 0.5) is 4.79 Å². The van der Waals surface area contributed by atoms with Crippen molar-refractivity contribution in [3.8, 4) is 0 Å². The lowest BCUT2D eigenvalue weighted by Crippen LogP contribution is -2.75. The topological polar surface area (TPSA) is 89.9 Å². The summed E-state index contributed by atoms with van der Waals surface area (Å²) in [5.41, 5.74) is -1.75. The predicted octanol–water partition coefficient (Wildman–Crippen LogP) is 1.22. The van der Waals surface area contributed by atoms with E-state index in [1.807, 2.05) is 20.8 Å². The summed E-state index contributed by atoms with van der Waals surface area (Å²) in [6.07, 6.45) is -1.07. The van der Waals surface area contributed by atoms with E-state index in [9.17, 15) is 19.8 Å². The van der Waals surface area contributed by atoms with Crippen LogP contribution in [0.25, 0.3) is 0 Å². The van der Waals surface area contributed by atoms with Crippen molar-refractivity contribution in [2.75, 3.05) is 6.54 Å². The number of amides is 1. The van der Waals surface area contributed by atoms with Gasteiger partial charge >= 0.3 is 12.1 Å².